The summed E-state index contributed by atoms with van der Waals surface area (Å²) in [4.78, 5) is 25.4. The minimum absolute atomic E-state index is 0. The molecule has 5 heavy (non-hydrogen) atoms. The van der Waals surface area contributed by atoms with Crippen LogP contribution < -0.4 is 14.7 Å². The van der Waals surface area contributed by atoms with Gasteiger partial charge in [0.25, 0.3) is 0 Å². The molecular weight excluding hydrogens is 274 g/mol. The van der Waals surface area contributed by atoms with E-state index in [4.69, 9.17) is 14.7 Å². The predicted molar refractivity (Wildman–Crippen MR) is 6.92 cm³/mol. The van der Waals surface area contributed by atoms with Crippen molar-refractivity contribution in [1.82, 2.24) is 0 Å². The average molecular weight is 274 g/mol. The minimum Gasteiger partial charge on any atom is -0.854 e. The van der Waals surface area contributed by atoms with Crippen LogP contribution in [0, 0.1) is 0 Å². The van der Waals surface area contributed by atoms with Gasteiger partial charge in [-0.1, -0.05) is 0 Å². The fraction of sp³-hybridized carbons (Fsp3) is 0. The fourth-order valence-electron chi connectivity index (χ4n) is 0. The number of hydrogen-bond acceptors (Lipinski definition) is 3. The van der Waals surface area contributed by atoms with Crippen molar-refractivity contribution in [3.05, 3.63) is 0 Å². The summed E-state index contributed by atoms with van der Waals surface area (Å²) in [5.74, 6) is 0. The summed E-state index contributed by atoms with van der Waals surface area (Å²) < 4.78 is 0. The molecule has 0 atom stereocenters. The Labute approximate surface area is 44.9 Å². The van der Waals surface area contributed by atoms with Crippen LogP contribution in [-0.2, 0) is 21.1 Å². The van der Waals surface area contributed by atoms with Crippen LogP contribution in [0.3, 0.4) is 0 Å². The van der Waals surface area contributed by atoms with Crippen molar-refractivity contribution in [2.75, 3.05) is 0 Å². The monoisotopic (exact) mass is 274 g/mol. The molecule has 0 saturated heterocycles. The molecule has 0 aromatic heterocycles. The second-order valence-corrected chi connectivity index (χ2v) is 0.671. The van der Waals surface area contributed by atoms with Gasteiger partial charge in [-0.15, -0.1) is 0 Å². The van der Waals surface area contributed by atoms with Crippen LogP contribution in [0.5, 0.6) is 0 Å². The van der Waals surface area contributed by atoms with E-state index in [2.05, 4.69) is 0 Å². The first kappa shape index (κ1) is 9.37. The molecular formula is O3PPt. The van der Waals surface area contributed by atoms with Gasteiger partial charge in [0.15, 0.2) is 0 Å². The van der Waals surface area contributed by atoms with E-state index < -0.39 is 8.60 Å². The van der Waals surface area contributed by atoms with E-state index in [-0.39, 0.29) is 21.1 Å². The molecule has 0 rings (SSSR count). The van der Waals surface area contributed by atoms with Crippen molar-refractivity contribution in [2.24, 2.45) is 0 Å². The summed E-state index contributed by atoms with van der Waals surface area (Å²) in [7, 11) is -3.37. The summed E-state index contributed by atoms with van der Waals surface area (Å²) >= 11 is 0. The van der Waals surface area contributed by atoms with Crippen molar-refractivity contribution in [3.63, 3.8) is 0 Å². The molecule has 1 radical (unpaired) electrons. The first-order valence-electron chi connectivity index (χ1n) is 0.548. The predicted octanol–water partition coefficient (Wildman–Crippen LogP) is -2.71. The maximum Gasteiger partial charge on any atom is 3.00 e. The summed E-state index contributed by atoms with van der Waals surface area (Å²) in [6, 6.07) is 0. The van der Waals surface area contributed by atoms with E-state index in [0.29, 0.717) is 0 Å². The minimum atomic E-state index is -3.37. The van der Waals surface area contributed by atoms with Crippen molar-refractivity contribution in [1.29, 1.82) is 0 Å². The normalized spacial score (nSPS) is 7.20. The van der Waals surface area contributed by atoms with Crippen LogP contribution in [-0.4, -0.2) is 0 Å². The van der Waals surface area contributed by atoms with Gasteiger partial charge in [-0.3, -0.25) is 0 Å². The average Bonchev–Trinajstić information content (AvgIpc) is 0.811. The summed E-state index contributed by atoms with van der Waals surface area (Å²) in [6.45, 7) is 0. The second kappa shape index (κ2) is 5.00. The van der Waals surface area contributed by atoms with Gasteiger partial charge in [0.05, 0.1) is 0 Å². The van der Waals surface area contributed by atoms with Gasteiger partial charge in [0, 0.05) is 0 Å². The molecule has 0 saturated carbocycles. The molecule has 0 bridgehead atoms. The number of rotatable bonds is 0. The molecule has 0 aromatic carbocycles. The maximum absolute atomic E-state index is 8.48. The van der Waals surface area contributed by atoms with Gasteiger partial charge < -0.3 is 23.3 Å². The third kappa shape index (κ3) is 45.1. The second-order valence-electron chi connectivity index (χ2n) is 0.224. The smallest absolute Gasteiger partial charge is 0.854 e. The van der Waals surface area contributed by atoms with E-state index in [1.54, 1.807) is 0 Å². The van der Waals surface area contributed by atoms with Crippen molar-refractivity contribution in [2.45, 2.75) is 0 Å². The third-order valence-corrected chi connectivity index (χ3v) is 0. The van der Waals surface area contributed by atoms with E-state index in [1.165, 1.54) is 0 Å². The Hall–Kier alpha value is 0.998. The van der Waals surface area contributed by atoms with Gasteiger partial charge in [-0.05, 0) is 0 Å². The fourth-order valence-corrected chi connectivity index (χ4v) is 0. The molecule has 0 amide bonds. The van der Waals surface area contributed by atoms with E-state index in [1.807, 2.05) is 0 Å². The van der Waals surface area contributed by atoms with Crippen molar-refractivity contribution in [3.8, 4) is 0 Å². The molecule has 33 valence electrons. The molecule has 5 heteroatoms. The molecule has 0 aromatic rings. The molecule has 0 heterocycles. The molecule has 0 aliphatic rings. The third-order valence-electron chi connectivity index (χ3n) is 0. The summed E-state index contributed by atoms with van der Waals surface area (Å²) in [5, 5.41) is 0. The van der Waals surface area contributed by atoms with Crippen LogP contribution in [0.4, 0.5) is 0 Å². The molecule has 0 spiro atoms. The Bertz CT molecular complexity index is 11.6. The summed E-state index contributed by atoms with van der Waals surface area (Å²) in [6.07, 6.45) is 0. The zero-order valence-electron chi connectivity index (χ0n) is 1.99. The quantitative estimate of drug-likeness (QED) is 0.451. The Morgan fingerprint density at radius 1 is 1.00 bits per heavy atom. The van der Waals surface area contributed by atoms with Gasteiger partial charge in [0.1, 0.15) is 0 Å². The standard InChI is InChI=1S/O3P.Pt/c1-4(2)3;/q-3;+3. The Balaban J connectivity index is 0. The molecule has 0 aliphatic carbocycles. The zero-order chi connectivity index (χ0) is 3.58. The van der Waals surface area contributed by atoms with Crippen LogP contribution in [0.1, 0.15) is 0 Å². The van der Waals surface area contributed by atoms with Crippen LogP contribution in [0.2, 0.25) is 0 Å². The Morgan fingerprint density at radius 2 is 1.00 bits per heavy atom. The molecule has 0 aliphatic heterocycles. The van der Waals surface area contributed by atoms with Gasteiger partial charge in [-0.25, -0.2) is 0 Å². The largest absolute Gasteiger partial charge is 3.00 e. The van der Waals surface area contributed by atoms with E-state index in [0.717, 1.165) is 0 Å². The molecule has 3 nitrogen and oxygen atoms in total. The van der Waals surface area contributed by atoms with E-state index >= 15 is 0 Å². The van der Waals surface area contributed by atoms with E-state index in [9.17, 15) is 0 Å². The Morgan fingerprint density at radius 3 is 1.00 bits per heavy atom. The van der Waals surface area contributed by atoms with Crippen LogP contribution in [0.15, 0.2) is 0 Å². The van der Waals surface area contributed by atoms with Crippen LogP contribution >= 0.6 is 8.60 Å². The van der Waals surface area contributed by atoms with Crippen molar-refractivity contribution >= 4 is 8.60 Å². The first-order valence-corrected chi connectivity index (χ1v) is 1.64. The van der Waals surface area contributed by atoms with Gasteiger partial charge in [-0.2, -0.15) is 0 Å². The maximum atomic E-state index is 8.48. The SMILES string of the molecule is [O-]P([O-])[O-].[Pt+3]. The van der Waals surface area contributed by atoms with Crippen molar-refractivity contribution < 1.29 is 35.7 Å². The molecule has 0 N–H and O–H groups in total. The number of hydrogen-bond donors (Lipinski definition) is 0. The zero-order valence-corrected chi connectivity index (χ0v) is 5.15. The molecule has 0 unspecified atom stereocenters. The summed E-state index contributed by atoms with van der Waals surface area (Å²) in [5.41, 5.74) is 0. The Kier molecular flexibility index (Phi) is 9.37. The van der Waals surface area contributed by atoms with Crippen LogP contribution in [0.25, 0.3) is 0 Å². The van der Waals surface area contributed by atoms with Gasteiger partial charge >= 0.3 is 21.1 Å². The van der Waals surface area contributed by atoms with Gasteiger partial charge in [0.2, 0.25) is 0 Å². The first-order chi connectivity index (χ1) is 1.73. The molecule has 0 fully saturated rings. The topological polar surface area (TPSA) is 69.2 Å².